The Morgan fingerprint density at radius 2 is 2.23 bits per heavy atom. The Balaban J connectivity index is 2.68. The van der Waals surface area contributed by atoms with Gasteiger partial charge in [-0.1, -0.05) is 0 Å². The molecular formula is C9H13F2NS. The van der Waals surface area contributed by atoms with E-state index in [0.717, 1.165) is 10.4 Å². The Bertz CT molecular complexity index is 281. The quantitative estimate of drug-likeness (QED) is 0.806. The van der Waals surface area contributed by atoms with Gasteiger partial charge < -0.3 is 5.73 Å². The van der Waals surface area contributed by atoms with Crippen molar-refractivity contribution in [3.05, 3.63) is 21.9 Å². The van der Waals surface area contributed by atoms with Gasteiger partial charge in [0, 0.05) is 11.3 Å². The fraction of sp³-hybridized carbons (Fsp3) is 0.556. The molecule has 0 aliphatic rings. The van der Waals surface area contributed by atoms with Crippen LogP contribution >= 0.6 is 11.3 Å². The normalized spacial score (nSPS) is 16.2. The van der Waals surface area contributed by atoms with Crippen LogP contribution in [0.2, 0.25) is 0 Å². The molecule has 1 rings (SSSR count). The van der Waals surface area contributed by atoms with Crippen molar-refractivity contribution in [1.82, 2.24) is 0 Å². The van der Waals surface area contributed by atoms with Crippen LogP contribution in [0.1, 0.15) is 17.4 Å². The summed E-state index contributed by atoms with van der Waals surface area (Å²) in [6, 6.07) is 1.90. The molecule has 4 heteroatoms. The predicted octanol–water partition coefficient (Wildman–Crippen LogP) is 2.58. The molecule has 0 radical (unpaired) electrons. The second-order valence-corrected chi connectivity index (χ2v) is 4.57. The molecule has 1 unspecified atom stereocenters. The topological polar surface area (TPSA) is 26.0 Å². The van der Waals surface area contributed by atoms with Gasteiger partial charge in [-0.05, 0) is 30.9 Å². The first-order valence-electron chi connectivity index (χ1n) is 4.03. The summed E-state index contributed by atoms with van der Waals surface area (Å²) in [5, 5.41) is 1.94. The van der Waals surface area contributed by atoms with Gasteiger partial charge in [0.05, 0.1) is 5.54 Å². The van der Waals surface area contributed by atoms with E-state index < -0.39 is 12.0 Å². The first kappa shape index (κ1) is 10.6. The number of hydrogen-bond acceptors (Lipinski definition) is 2. The molecule has 1 nitrogen and oxygen atoms in total. The van der Waals surface area contributed by atoms with Crippen LogP contribution in [0.4, 0.5) is 8.78 Å². The summed E-state index contributed by atoms with van der Waals surface area (Å²) in [4.78, 5) is 0.919. The minimum Gasteiger partial charge on any atom is -0.320 e. The van der Waals surface area contributed by atoms with Gasteiger partial charge in [0.2, 0.25) is 0 Å². The zero-order chi connectivity index (χ0) is 10.1. The molecule has 1 aromatic heterocycles. The summed E-state index contributed by atoms with van der Waals surface area (Å²) in [7, 11) is 0. The molecule has 0 spiro atoms. The van der Waals surface area contributed by atoms with Crippen LogP contribution in [0.15, 0.2) is 11.4 Å². The van der Waals surface area contributed by atoms with Crippen LogP contribution in [0.5, 0.6) is 0 Å². The highest BCUT2D eigenvalue weighted by Gasteiger charge is 2.30. The molecule has 0 amide bonds. The lowest BCUT2D eigenvalue weighted by molar-refractivity contribution is 0.0644. The van der Waals surface area contributed by atoms with Gasteiger partial charge in [0.1, 0.15) is 0 Å². The summed E-state index contributed by atoms with van der Waals surface area (Å²) in [6.45, 7) is 3.32. The van der Waals surface area contributed by atoms with Gasteiger partial charge in [-0.25, -0.2) is 8.78 Å². The van der Waals surface area contributed by atoms with Crippen molar-refractivity contribution in [2.75, 3.05) is 0 Å². The number of alkyl halides is 2. The van der Waals surface area contributed by atoms with Gasteiger partial charge in [0.15, 0.2) is 0 Å². The summed E-state index contributed by atoms with van der Waals surface area (Å²) in [6.07, 6.45) is -2.24. The summed E-state index contributed by atoms with van der Waals surface area (Å²) < 4.78 is 24.8. The van der Waals surface area contributed by atoms with Crippen molar-refractivity contribution in [3.63, 3.8) is 0 Å². The van der Waals surface area contributed by atoms with Crippen LogP contribution in [0.3, 0.4) is 0 Å². The lowest BCUT2D eigenvalue weighted by atomic mass is 9.99. The van der Waals surface area contributed by atoms with Crippen LogP contribution < -0.4 is 5.73 Å². The maximum atomic E-state index is 12.4. The molecule has 74 valence electrons. The SMILES string of the molecule is Cc1csc(CC(C)(N)C(F)F)c1. The van der Waals surface area contributed by atoms with E-state index in [1.54, 1.807) is 0 Å². The van der Waals surface area contributed by atoms with Crippen molar-refractivity contribution in [1.29, 1.82) is 0 Å². The van der Waals surface area contributed by atoms with Gasteiger partial charge in [-0.2, -0.15) is 0 Å². The molecule has 0 bridgehead atoms. The Kier molecular flexibility index (Phi) is 3.03. The van der Waals surface area contributed by atoms with E-state index in [4.69, 9.17) is 5.73 Å². The maximum Gasteiger partial charge on any atom is 0.256 e. The Labute approximate surface area is 80.6 Å². The van der Waals surface area contributed by atoms with Crippen molar-refractivity contribution >= 4 is 11.3 Å². The lowest BCUT2D eigenvalue weighted by Gasteiger charge is -2.22. The number of nitrogens with two attached hydrogens (primary N) is 1. The highest BCUT2D eigenvalue weighted by molar-refractivity contribution is 7.10. The molecule has 0 saturated carbocycles. The third-order valence-electron chi connectivity index (χ3n) is 1.84. The average Bonchev–Trinajstić information content (AvgIpc) is 2.34. The second-order valence-electron chi connectivity index (χ2n) is 3.57. The number of hydrogen-bond donors (Lipinski definition) is 1. The van der Waals surface area contributed by atoms with Crippen LogP contribution in [-0.4, -0.2) is 12.0 Å². The van der Waals surface area contributed by atoms with Gasteiger partial charge in [-0.3, -0.25) is 0 Å². The van der Waals surface area contributed by atoms with E-state index in [0.29, 0.717) is 0 Å². The van der Waals surface area contributed by atoms with E-state index in [2.05, 4.69) is 0 Å². The van der Waals surface area contributed by atoms with E-state index in [9.17, 15) is 8.78 Å². The first-order valence-corrected chi connectivity index (χ1v) is 4.91. The molecule has 0 aliphatic heterocycles. The first-order chi connectivity index (χ1) is 5.92. The zero-order valence-corrected chi connectivity index (χ0v) is 8.50. The molecule has 0 saturated heterocycles. The maximum absolute atomic E-state index is 12.4. The van der Waals surface area contributed by atoms with Gasteiger partial charge >= 0.3 is 0 Å². The van der Waals surface area contributed by atoms with E-state index in [1.807, 2.05) is 18.4 Å². The molecule has 1 heterocycles. The highest BCUT2D eigenvalue weighted by atomic mass is 32.1. The van der Waals surface area contributed by atoms with Crippen LogP contribution in [0, 0.1) is 6.92 Å². The van der Waals surface area contributed by atoms with E-state index in [-0.39, 0.29) is 6.42 Å². The van der Waals surface area contributed by atoms with Gasteiger partial charge in [0.25, 0.3) is 6.43 Å². The monoisotopic (exact) mass is 205 g/mol. The van der Waals surface area contributed by atoms with E-state index >= 15 is 0 Å². The molecule has 0 aliphatic carbocycles. The smallest absolute Gasteiger partial charge is 0.256 e. The number of thiophene rings is 1. The van der Waals surface area contributed by atoms with Crippen molar-refractivity contribution in [3.8, 4) is 0 Å². The van der Waals surface area contributed by atoms with Crippen LogP contribution in [0.25, 0.3) is 0 Å². The Hall–Kier alpha value is -0.480. The summed E-state index contributed by atoms with van der Waals surface area (Å²) >= 11 is 1.48. The summed E-state index contributed by atoms with van der Waals surface area (Å²) in [5.74, 6) is 0. The fourth-order valence-electron chi connectivity index (χ4n) is 1.04. The minimum absolute atomic E-state index is 0.239. The molecule has 1 aromatic rings. The molecule has 13 heavy (non-hydrogen) atoms. The number of rotatable bonds is 3. The van der Waals surface area contributed by atoms with Gasteiger partial charge in [-0.15, -0.1) is 11.3 Å². The standard InChI is InChI=1S/C9H13F2NS/c1-6-3-7(13-5-6)4-9(2,12)8(10)11/h3,5,8H,4,12H2,1-2H3. The average molecular weight is 205 g/mol. The van der Waals surface area contributed by atoms with Crippen molar-refractivity contribution in [2.45, 2.75) is 32.2 Å². The van der Waals surface area contributed by atoms with Crippen LogP contribution in [-0.2, 0) is 6.42 Å². The largest absolute Gasteiger partial charge is 0.320 e. The van der Waals surface area contributed by atoms with Crippen molar-refractivity contribution < 1.29 is 8.78 Å². The summed E-state index contributed by atoms with van der Waals surface area (Å²) in [5.41, 5.74) is 5.15. The highest BCUT2D eigenvalue weighted by Crippen LogP contribution is 2.22. The molecule has 2 N–H and O–H groups in total. The molecule has 0 fully saturated rings. The minimum atomic E-state index is -2.48. The second kappa shape index (κ2) is 3.72. The third kappa shape index (κ3) is 2.74. The number of halogens is 2. The lowest BCUT2D eigenvalue weighted by Crippen LogP contribution is -2.45. The van der Waals surface area contributed by atoms with Crippen molar-refractivity contribution in [2.24, 2.45) is 5.73 Å². The molecule has 1 atom stereocenters. The molecular weight excluding hydrogens is 192 g/mol. The Morgan fingerprint density at radius 1 is 1.62 bits per heavy atom. The predicted molar refractivity (Wildman–Crippen MR) is 51.4 cm³/mol. The Morgan fingerprint density at radius 3 is 2.62 bits per heavy atom. The fourth-order valence-corrected chi connectivity index (χ4v) is 2.09. The zero-order valence-electron chi connectivity index (χ0n) is 7.68. The number of aryl methyl sites for hydroxylation is 1. The molecule has 0 aromatic carbocycles. The third-order valence-corrected chi connectivity index (χ3v) is 2.89. The van der Waals surface area contributed by atoms with E-state index in [1.165, 1.54) is 18.3 Å².